The first-order chi connectivity index (χ1) is 7.81. The zero-order chi connectivity index (χ0) is 11.4. The minimum Gasteiger partial charge on any atom is -0.207 e. The molecule has 0 bridgehead atoms. The minimum absolute atomic E-state index is 0.120. The summed E-state index contributed by atoms with van der Waals surface area (Å²) < 4.78 is 13.4. The molecule has 0 atom stereocenters. The summed E-state index contributed by atoms with van der Waals surface area (Å²) >= 11 is 0. The first kappa shape index (κ1) is 11.1. The van der Waals surface area contributed by atoms with Crippen molar-refractivity contribution in [1.29, 1.82) is 0 Å². The Morgan fingerprint density at radius 2 is 1.88 bits per heavy atom. The second-order valence-corrected chi connectivity index (χ2v) is 4.24. The number of benzene rings is 2. The lowest BCUT2D eigenvalue weighted by atomic mass is 9.99. The highest BCUT2D eigenvalue weighted by atomic mass is 19.1. The van der Waals surface area contributed by atoms with Gasteiger partial charge in [0.05, 0.1) is 0 Å². The van der Waals surface area contributed by atoms with Crippen LogP contribution >= 0.6 is 0 Å². The highest BCUT2D eigenvalue weighted by molar-refractivity contribution is 5.85. The van der Waals surface area contributed by atoms with Gasteiger partial charge in [0.2, 0.25) is 0 Å². The average molecular weight is 216 g/mol. The Morgan fingerprint density at radius 1 is 1.06 bits per heavy atom. The lowest BCUT2D eigenvalue weighted by molar-refractivity contribution is 0.625. The van der Waals surface area contributed by atoms with E-state index in [0.717, 1.165) is 23.8 Å². The van der Waals surface area contributed by atoms with E-state index in [-0.39, 0.29) is 5.82 Å². The van der Waals surface area contributed by atoms with Crippen LogP contribution < -0.4 is 0 Å². The highest BCUT2D eigenvalue weighted by Crippen LogP contribution is 2.22. The van der Waals surface area contributed by atoms with Crippen LogP contribution in [0.3, 0.4) is 0 Å². The fraction of sp³-hybridized carbons (Fsp3) is 0.333. The van der Waals surface area contributed by atoms with Crippen molar-refractivity contribution in [3.05, 3.63) is 47.8 Å². The number of halogens is 1. The molecule has 84 valence electrons. The molecule has 0 N–H and O–H groups in total. The molecule has 0 spiro atoms. The largest absolute Gasteiger partial charge is 0.207 e. The van der Waals surface area contributed by atoms with E-state index >= 15 is 0 Å². The van der Waals surface area contributed by atoms with Crippen LogP contribution in [0.2, 0.25) is 0 Å². The van der Waals surface area contributed by atoms with Crippen molar-refractivity contribution in [3.63, 3.8) is 0 Å². The Balaban J connectivity index is 2.34. The molecule has 0 amide bonds. The lowest BCUT2D eigenvalue weighted by Crippen LogP contribution is -1.90. The average Bonchev–Trinajstić information content (AvgIpc) is 2.29. The molecule has 0 heterocycles. The van der Waals surface area contributed by atoms with Crippen LogP contribution in [-0.2, 0) is 6.42 Å². The van der Waals surface area contributed by atoms with Gasteiger partial charge in [0.1, 0.15) is 5.82 Å². The lowest BCUT2D eigenvalue weighted by Gasteiger charge is -2.06. The number of fused-ring (bicyclic) bond motifs is 1. The quantitative estimate of drug-likeness (QED) is 0.649. The molecular formula is C15H17F. The second-order valence-electron chi connectivity index (χ2n) is 4.24. The summed E-state index contributed by atoms with van der Waals surface area (Å²) in [7, 11) is 0. The van der Waals surface area contributed by atoms with Gasteiger partial charge in [-0.2, -0.15) is 0 Å². The van der Waals surface area contributed by atoms with Gasteiger partial charge in [-0.05, 0) is 41.3 Å². The van der Waals surface area contributed by atoms with Gasteiger partial charge in [0.25, 0.3) is 0 Å². The van der Waals surface area contributed by atoms with Crippen LogP contribution in [0.1, 0.15) is 31.7 Å². The number of rotatable bonds is 4. The van der Waals surface area contributed by atoms with Gasteiger partial charge >= 0.3 is 0 Å². The van der Waals surface area contributed by atoms with Gasteiger partial charge in [-0.15, -0.1) is 0 Å². The van der Waals surface area contributed by atoms with Gasteiger partial charge < -0.3 is 0 Å². The number of unbranched alkanes of at least 4 members (excludes halogenated alkanes) is 2. The van der Waals surface area contributed by atoms with Crippen molar-refractivity contribution in [2.24, 2.45) is 0 Å². The van der Waals surface area contributed by atoms with Gasteiger partial charge in [-0.25, -0.2) is 4.39 Å². The fourth-order valence-electron chi connectivity index (χ4n) is 2.12. The Labute approximate surface area is 96.1 Å². The van der Waals surface area contributed by atoms with Crippen LogP contribution in [0.25, 0.3) is 10.8 Å². The first-order valence-electron chi connectivity index (χ1n) is 5.98. The summed E-state index contributed by atoms with van der Waals surface area (Å²) in [5.41, 5.74) is 1.14. The molecule has 2 aromatic carbocycles. The third kappa shape index (κ3) is 2.41. The van der Waals surface area contributed by atoms with E-state index in [1.54, 1.807) is 12.1 Å². The SMILES string of the molecule is CCCCCc1cc(F)cc2ccccc12. The normalized spacial score (nSPS) is 10.9. The van der Waals surface area contributed by atoms with Gasteiger partial charge in [0.15, 0.2) is 0 Å². The molecule has 0 saturated heterocycles. The first-order valence-corrected chi connectivity index (χ1v) is 5.98. The van der Waals surface area contributed by atoms with E-state index in [1.165, 1.54) is 18.2 Å². The zero-order valence-electron chi connectivity index (χ0n) is 9.67. The summed E-state index contributed by atoms with van der Waals surface area (Å²) in [5, 5.41) is 2.20. The van der Waals surface area contributed by atoms with Gasteiger partial charge in [0, 0.05) is 0 Å². The van der Waals surface area contributed by atoms with Crippen molar-refractivity contribution in [3.8, 4) is 0 Å². The molecule has 0 saturated carbocycles. The van der Waals surface area contributed by atoms with E-state index in [2.05, 4.69) is 13.0 Å². The summed E-state index contributed by atoms with van der Waals surface area (Å²) in [6.45, 7) is 2.18. The summed E-state index contributed by atoms with van der Waals surface area (Å²) in [4.78, 5) is 0. The maximum Gasteiger partial charge on any atom is 0.124 e. The molecular weight excluding hydrogens is 199 g/mol. The van der Waals surface area contributed by atoms with E-state index in [9.17, 15) is 4.39 Å². The smallest absolute Gasteiger partial charge is 0.124 e. The number of hydrogen-bond donors (Lipinski definition) is 0. The molecule has 0 aliphatic carbocycles. The molecule has 16 heavy (non-hydrogen) atoms. The maximum atomic E-state index is 13.4. The van der Waals surface area contributed by atoms with Crippen molar-refractivity contribution < 1.29 is 4.39 Å². The van der Waals surface area contributed by atoms with Crippen molar-refractivity contribution in [2.45, 2.75) is 32.6 Å². The highest BCUT2D eigenvalue weighted by Gasteiger charge is 2.03. The second kappa shape index (κ2) is 5.11. The summed E-state index contributed by atoms with van der Waals surface area (Å²) in [6.07, 6.45) is 4.54. The van der Waals surface area contributed by atoms with E-state index in [4.69, 9.17) is 0 Å². The number of hydrogen-bond acceptors (Lipinski definition) is 0. The fourth-order valence-corrected chi connectivity index (χ4v) is 2.12. The summed E-state index contributed by atoms with van der Waals surface area (Å²) in [6, 6.07) is 11.3. The minimum atomic E-state index is -0.120. The molecule has 0 radical (unpaired) electrons. The van der Waals surface area contributed by atoms with E-state index < -0.39 is 0 Å². The van der Waals surface area contributed by atoms with Crippen molar-refractivity contribution in [2.75, 3.05) is 0 Å². The Kier molecular flexibility index (Phi) is 3.55. The maximum absolute atomic E-state index is 13.4. The van der Waals surface area contributed by atoms with Gasteiger partial charge in [-0.1, -0.05) is 44.0 Å². The van der Waals surface area contributed by atoms with Crippen LogP contribution in [0.4, 0.5) is 4.39 Å². The van der Waals surface area contributed by atoms with Crippen LogP contribution in [0.15, 0.2) is 36.4 Å². The standard InChI is InChI=1S/C15H17F/c1-2-3-4-7-12-10-14(16)11-13-8-5-6-9-15(12)13/h5-6,8-11H,2-4,7H2,1H3. The monoisotopic (exact) mass is 216 g/mol. The topological polar surface area (TPSA) is 0 Å². The number of aryl methyl sites for hydroxylation is 1. The Bertz CT molecular complexity index is 474. The van der Waals surface area contributed by atoms with Crippen LogP contribution in [0, 0.1) is 5.82 Å². The molecule has 1 heteroatoms. The van der Waals surface area contributed by atoms with E-state index in [1.807, 2.05) is 18.2 Å². The van der Waals surface area contributed by atoms with Crippen LogP contribution in [0.5, 0.6) is 0 Å². The molecule has 2 rings (SSSR count). The Morgan fingerprint density at radius 3 is 2.69 bits per heavy atom. The third-order valence-electron chi connectivity index (χ3n) is 2.96. The molecule has 0 aliphatic rings. The van der Waals surface area contributed by atoms with Crippen molar-refractivity contribution >= 4 is 10.8 Å². The molecule has 0 nitrogen and oxygen atoms in total. The van der Waals surface area contributed by atoms with Crippen molar-refractivity contribution in [1.82, 2.24) is 0 Å². The van der Waals surface area contributed by atoms with Gasteiger partial charge in [-0.3, -0.25) is 0 Å². The molecule has 0 fully saturated rings. The molecule has 0 unspecified atom stereocenters. The Hall–Kier alpha value is -1.37. The zero-order valence-corrected chi connectivity index (χ0v) is 9.67. The third-order valence-corrected chi connectivity index (χ3v) is 2.96. The summed E-state index contributed by atoms with van der Waals surface area (Å²) in [5.74, 6) is -0.120. The molecule has 0 aromatic heterocycles. The molecule has 2 aromatic rings. The molecule has 0 aliphatic heterocycles. The van der Waals surface area contributed by atoms with E-state index in [0.29, 0.717) is 0 Å². The predicted octanol–water partition coefficient (Wildman–Crippen LogP) is 4.71. The predicted molar refractivity (Wildman–Crippen MR) is 67.1 cm³/mol. The van der Waals surface area contributed by atoms with Crippen LogP contribution in [-0.4, -0.2) is 0 Å².